The Hall–Kier alpha value is -1.00. The van der Waals surface area contributed by atoms with Gasteiger partial charge in [0.15, 0.2) is 0 Å². The van der Waals surface area contributed by atoms with E-state index in [2.05, 4.69) is 15.6 Å². The lowest BCUT2D eigenvalue weighted by molar-refractivity contribution is 0.254. The molecule has 0 aliphatic rings. The van der Waals surface area contributed by atoms with E-state index >= 15 is 0 Å². The number of nitrogens with zero attached hydrogens (tertiary/aromatic N) is 1. The van der Waals surface area contributed by atoms with Crippen molar-refractivity contribution in [3.8, 4) is 0 Å². The Bertz CT molecular complexity index is 330. The highest BCUT2D eigenvalue weighted by atomic mass is 35.5. The molecule has 0 aromatic carbocycles. The number of halogens is 2. The number of rotatable bonds is 1. The van der Waals surface area contributed by atoms with E-state index in [9.17, 15) is 4.79 Å². The molecule has 0 spiro atoms. The van der Waals surface area contributed by atoms with Crippen LogP contribution in [0.25, 0.3) is 0 Å². The Kier molecular flexibility index (Phi) is 3.33. The number of carbonyl (C=O) groups is 1. The van der Waals surface area contributed by atoms with Crippen molar-refractivity contribution >= 4 is 35.1 Å². The van der Waals surface area contributed by atoms with Crippen molar-refractivity contribution in [2.24, 2.45) is 0 Å². The first kappa shape index (κ1) is 10.1. The lowest BCUT2D eigenvalue weighted by Gasteiger charge is -2.03. The van der Waals surface area contributed by atoms with Crippen LogP contribution in [0, 0.1) is 0 Å². The van der Waals surface area contributed by atoms with Gasteiger partial charge in [0.2, 0.25) is 0 Å². The number of anilines is 1. The summed E-state index contributed by atoms with van der Waals surface area (Å²) < 4.78 is 0. The molecule has 0 saturated carbocycles. The van der Waals surface area contributed by atoms with E-state index in [0.29, 0.717) is 15.9 Å². The van der Waals surface area contributed by atoms with Crippen molar-refractivity contribution in [1.82, 2.24) is 10.3 Å². The van der Waals surface area contributed by atoms with Crippen LogP contribution in [0.5, 0.6) is 0 Å². The van der Waals surface area contributed by atoms with Gasteiger partial charge in [-0.15, -0.1) is 0 Å². The average molecular weight is 220 g/mol. The Morgan fingerprint density at radius 2 is 2.15 bits per heavy atom. The van der Waals surface area contributed by atoms with E-state index in [1.54, 1.807) is 0 Å². The van der Waals surface area contributed by atoms with E-state index in [-0.39, 0.29) is 6.03 Å². The summed E-state index contributed by atoms with van der Waals surface area (Å²) in [5, 5.41) is 5.54. The molecule has 0 unspecified atom stereocenters. The summed E-state index contributed by atoms with van der Waals surface area (Å²) in [5.41, 5.74) is 0. The minimum atomic E-state index is -0.356. The molecule has 0 atom stereocenters. The molecule has 1 aromatic rings. The largest absolute Gasteiger partial charge is 0.341 e. The van der Waals surface area contributed by atoms with Crippen LogP contribution in [0.3, 0.4) is 0 Å². The fourth-order valence-electron chi connectivity index (χ4n) is 0.661. The van der Waals surface area contributed by atoms with Gasteiger partial charge in [0.25, 0.3) is 0 Å². The van der Waals surface area contributed by atoms with E-state index in [4.69, 9.17) is 23.2 Å². The molecule has 0 aliphatic heterocycles. The second-order valence-corrected chi connectivity index (χ2v) is 3.00. The van der Waals surface area contributed by atoms with Gasteiger partial charge in [-0.2, -0.15) is 0 Å². The van der Waals surface area contributed by atoms with Crippen LogP contribution >= 0.6 is 23.2 Å². The third-order valence-corrected chi connectivity index (χ3v) is 1.99. The van der Waals surface area contributed by atoms with Crippen molar-refractivity contribution in [3.63, 3.8) is 0 Å². The van der Waals surface area contributed by atoms with Crippen LogP contribution in [-0.2, 0) is 0 Å². The molecule has 1 heterocycles. The number of amides is 2. The molecule has 0 radical (unpaired) electrons. The van der Waals surface area contributed by atoms with Gasteiger partial charge in [-0.3, -0.25) is 5.32 Å². The first-order chi connectivity index (χ1) is 6.13. The average Bonchev–Trinajstić information content (AvgIpc) is 2.11. The van der Waals surface area contributed by atoms with Crippen LogP contribution in [0.1, 0.15) is 0 Å². The van der Waals surface area contributed by atoms with E-state index in [1.165, 1.54) is 19.3 Å². The molecule has 0 saturated heterocycles. The van der Waals surface area contributed by atoms with Gasteiger partial charge in [-0.1, -0.05) is 23.2 Å². The third kappa shape index (κ3) is 2.75. The number of hydrogen-bond donors (Lipinski definition) is 2. The highest BCUT2D eigenvalue weighted by Gasteiger charge is 2.02. The maximum Gasteiger partial charge on any atom is 0.320 e. The zero-order valence-electron chi connectivity index (χ0n) is 6.77. The molecule has 2 N–H and O–H groups in total. The molecule has 2 amide bonds. The van der Waals surface area contributed by atoms with E-state index < -0.39 is 0 Å². The molecule has 1 aromatic heterocycles. The highest BCUT2D eigenvalue weighted by molar-refractivity contribution is 6.42. The first-order valence-corrected chi connectivity index (χ1v) is 4.19. The number of hydrogen-bond acceptors (Lipinski definition) is 2. The number of carbonyl (C=O) groups excluding carboxylic acids is 1. The number of nitrogens with one attached hydrogen (secondary N) is 2. The van der Waals surface area contributed by atoms with Crippen molar-refractivity contribution in [2.75, 3.05) is 12.4 Å². The van der Waals surface area contributed by atoms with Crippen LogP contribution in [0.2, 0.25) is 10.0 Å². The molecule has 0 bridgehead atoms. The van der Waals surface area contributed by atoms with Gasteiger partial charge in [0.1, 0.15) is 5.82 Å². The van der Waals surface area contributed by atoms with E-state index in [1.807, 2.05) is 0 Å². The van der Waals surface area contributed by atoms with Crippen molar-refractivity contribution in [1.29, 1.82) is 0 Å². The zero-order valence-corrected chi connectivity index (χ0v) is 8.28. The van der Waals surface area contributed by atoms with Crippen molar-refractivity contribution in [3.05, 3.63) is 22.3 Å². The normalized spacial score (nSPS) is 9.46. The molecule has 1 rings (SSSR count). The molecule has 0 aliphatic carbocycles. The molecular weight excluding hydrogens is 213 g/mol. The minimum Gasteiger partial charge on any atom is -0.341 e. The summed E-state index contributed by atoms with van der Waals surface area (Å²) in [6.45, 7) is 0. The summed E-state index contributed by atoms with van der Waals surface area (Å²) in [4.78, 5) is 14.7. The molecule has 0 fully saturated rings. The SMILES string of the molecule is CNC(=O)Nc1cc(Cl)c(Cl)cn1. The maximum atomic E-state index is 10.8. The standard InChI is InChI=1S/C7H7Cl2N3O/c1-10-7(13)12-6-2-4(8)5(9)3-11-6/h2-3H,1H3,(H2,10,11,12,13). The predicted molar refractivity (Wildman–Crippen MR) is 52.3 cm³/mol. The Balaban J connectivity index is 2.79. The summed E-state index contributed by atoms with van der Waals surface area (Å²) >= 11 is 11.3. The summed E-state index contributed by atoms with van der Waals surface area (Å²) in [6, 6.07) is 1.12. The third-order valence-electron chi connectivity index (χ3n) is 1.28. The van der Waals surface area contributed by atoms with Crippen molar-refractivity contribution < 1.29 is 4.79 Å². The second kappa shape index (κ2) is 4.30. The van der Waals surface area contributed by atoms with Crippen LogP contribution in [0.4, 0.5) is 10.6 Å². The Labute approximate surface area is 85.2 Å². The molecule has 4 nitrogen and oxygen atoms in total. The maximum absolute atomic E-state index is 10.8. The van der Waals surface area contributed by atoms with Gasteiger partial charge in [0, 0.05) is 19.3 Å². The summed E-state index contributed by atoms with van der Waals surface area (Å²) in [7, 11) is 1.51. The smallest absolute Gasteiger partial charge is 0.320 e. The van der Waals surface area contributed by atoms with Gasteiger partial charge in [-0.25, -0.2) is 9.78 Å². The highest BCUT2D eigenvalue weighted by Crippen LogP contribution is 2.22. The number of urea groups is 1. The fourth-order valence-corrected chi connectivity index (χ4v) is 0.917. The minimum absolute atomic E-state index is 0.350. The summed E-state index contributed by atoms with van der Waals surface area (Å²) in [5.74, 6) is 0.355. The van der Waals surface area contributed by atoms with E-state index in [0.717, 1.165) is 0 Å². The van der Waals surface area contributed by atoms with Crippen molar-refractivity contribution in [2.45, 2.75) is 0 Å². The lowest BCUT2D eigenvalue weighted by Crippen LogP contribution is -2.24. The fraction of sp³-hybridized carbons (Fsp3) is 0.143. The van der Waals surface area contributed by atoms with Crippen LogP contribution in [0.15, 0.2) is 12.3 Å². The quantitative estimate of drug-likeness (QED) is 0.761. The van der Waals surface area contributed by atoms with Gasteiger partial charge < -0.3 is 5.32 Å². The summed E-state index contributed by atoms with van der Waals surface area (Å²) in [6.07, 6.45) is 1.37. The number of pyridine rings is 1. The Morgan fingerprint density at radius 3 is 2.69 bits per heavy atom. The van der Waals surface area contributed by atoms with Crippen LogP contribution < -0.4 is 10.6 Å². The number of aromatic nitrogens is 1. The molecule has 6 heteroatoms. The first-order valence-electron chi connectivity index (χ1n) is 3.43. The van der Waals surface area contributed by atoms with Gasteiger partial charge in [-0.05, 0) is 0 Å². The monoisotopic (exact) mass is 219 g/mol. The molecule has 70 valence electrons. The topological polar surface area (TPSA) is 54.0 Å². The lowest BCUT2D eigenvalue weighted by atomic mass is 10.4. The molecule has 13 heavy (non-hydrogen) atoms. The zero-order chi connectivity index (χ0) is 9.84. The second-order valence-electron chi connectivity index (χ2n) is 2.19. The Morgan fingerprint density at radius 1 is 1.46 bits per heavy atom. The predicted octanol–water partition coefficient (Wildman–Crippen LogP) is 2.14. The van der Waals surface area contributed by atoms with Crippen LogP contribution in [-0.4, -0.2) is 18.1 Å². The van der Waals surface area contributed by atoms with Gasteiger partial charge >= 0.3 is 6.03 Å². The molecular formula is C7H7Cl2N3O. The van der Waals surface area contributed by atoms with Gasteiger partial charge in [0.05, 0.1) is 10.0 Å².